The SMILES string of the molecule is CCOc1ccc(S(=O)(=O)Nc2nc(-c3ccc(F)cc3)cs2)cc1. The van der Waals surface area contributed by atoms with Gasteiger partial charge >= 0.3 is 0 Å². The maximum atomic E-state index is 13.0. The van der Waals surface area contributed by atoms with Gasteiger partial charge in [-0.3, -0.25) is 4.72 Å². The van der Waals surface area contributed by atoms with Crippen LogP contribution < -0.4 is 9.46 Å². The highest BCUT2D eigenvalue weighted by atomic mass is 32.2. The summed E-state index contributed by atoms with van der Waals surface area (Å²) in [4.78, 5) is 4.37. The molecule has 0 saturated carbocycles. The lowest BCUT2D eigenvalue weighted by molar-refractivity contribution is 0.340. The molecule has 1 aromatic heterocycles. The molecule has 3 rings (SSSR count). The van der Waals surface area contributed by atoms with Crippen LogP contribution in [0.5, 0.6) is 5.75 Å². The van der Waals surface area contributed by atoms with Crippen LogP contribution >= 0.6 is 11.3 Å². The minimum atomic E-state index is -3.74. The molecular weight excluding hydrogens is 363 g/mol. The van der Waals surface area contributed by atoms with Crippen LogP contribution in [0.3, 0.4) is 0 Å². The molecule has 130 valence electrons. The Morgan fingerprint density at radius 1 is 1.12 bits per heavy atom. The van der Waals surface area contributed by atoms with Crippen molar-refractivity contribution in [2.75, 3.05) is 11.3 Å². The van der Waals surface area contributed by atoms with Gasteiger partial charge in [0.05, 0.1) is 17.2 Å². The van der Waals surface area contributed by atoms with Crippen LogP contribution in [0.1, 0.15) is 6.92 Å². The van der Waals surface area contributed by atoms with Crippen molar-refractivity contribution >= 4 is 26.5 Å². The van der Waals surface area contributed by atoms with Crippen LogP contribution in [0.4, 0.5) is 9.52 Å². The van der Waals surface area contributed by atoms with Crippen molar-refractivity contribution < 1.29 is 17.5 Å². The molecule has 0 bridgehead atoms. The minimum Gasteiger partial charge on any atom is -0.494 e. The van der Waals surface area contributed by atoms with Gasteiger partial charge in [-0.25, -0.2) is 17.8 Å². The van der Waals surface area contributed by atoms with E-state index in [0.29, 0.717) is 23.6 Å². The van der Waals surface area contributed by atoms with Crippen molar-refractivity contribution in [1.82, 2.24) is 4.98 Å². The predicted octanol–water partition coefficient (Wildman–Crippen LogP) is 4.15. The average molecular weight is 378 g/mol. The van der Waals surface area contributed by atoms with E-state index in [1.807, 2.05) is 6.92 Å². The normalized spacial score (nSPS) is 11.3. The number of anilines is 1. The molecule has 8 heteroatoms. The molecule has 0 saturated heterocycles. The summed E-state index contributed by atoms with van der Waals surface area (Å²) >= 11 is 1.16. The van der Waals surface area contributed by atoms with Gasteiger partial charge in [-0.2, -0.15) is 0 Å². The van der Waals surface area contributed by atoms with Gasteiger partial charge in [0.1, 0.15) is 11.6 Å². The molecule has 0 unspecified atom stereocenters. The predicted molar refractivity (Wildman–Crippen MR) is 95.9 cm³/mol. The van der Waals surface area contributed by atoms with E-state index in [-0.39, 0.29) is 15.8 Å². The second kappa shape index (κ2) is 7.20. The number of sulfonamides is 1. The summed E-state index contributed by atoms with van der Waals surface area (Å²) in [6, 6.07) is 12.0. The van der Waals surface area contributed by atoms with Gasteiger partial charge in [0.15, 0.2) is 5.13 Å². The average Bonchev–Trinajstić information content (AvgIpc) is 3.04. The fourth-order valence-corrected chi connectivity index (χ4v) is 4.10. The Morgan fingerprint density at radius 2 is 1.80 bits per heavy atom. The number of aromatic nitrogens is 1. The standard InChI is InChI=1S/C17H15FN2O3S2/c1-2-23-14-7-9-15(10-8-14)25(21,22)20-17-19-16(11-24-17)12-3-5-13(18)6-4-12/h3-11H,2H2,1H3,(H,19,20). The first-order valence-electron chi connectivity index (χ1n) is 7.45. The zero-order chi connectivity index (χ0) is 17.9. The number of nitrogens with one attached hydrogen (secondary N) is 1. The Hall–Kier alpha value is -2.45. The number of thiazole rings is 1. The zero-order valence-electron chi connectivity index (χ0n) is 13.3. The molecule has 0 spiro atoms. The Kier molecular flexibility index (Phi) is 5.00. The third-order valence-electron chi connectivity index (χ3n) is 3.31. The van der Waals surface area contributed by atoms with Gasteiger partial charge in [0.25, 0.3) is 10.0 Å². The lowest BCUT2D eigenvalue weighted by atomic mass is 10.2. The first-order chi connectivity index (χ1) is 12.0. The number of ether oxygens (including phenoxy) is 1. The van der Waals surface area contributed by atoms with Crippen LogP contribution in [0.15, 0.2) is 58.8 Å². The quantitative estimate of drug-likeness (QED) is 0.700. The fourth-order valence-electron chi connectivity index (χ4n) is 2.13. The molecule has 0 aliphatic carbocycles. The van der Waals surface area contributed by atoms with E-state index in [2.05, 4.69) is 9.71 Å². The lowest BCUT2D eigenvalue weighted by Crippen LogP contribution is -2.12. The number of benzene rings is 2. The molecule has 2 aromatic carbocycles. The van der Waals surface area contributed by atoms with E-state index in [4.69, 9.17) is 4.74 Å². The highest BCUT2D eigenvalue weighted by Gasteiger charge is 2.16. The van der Waals surface area contributed by atoms with Gasteiger partial charge in [-0.1, -0.05) is 0 Å². The summed E-state index contributed by atoms with van der Waals surface area (Å²) in [6.45, 7) is 2.36. The molecule has 0 aliphatic rings. The maximum Gasteiger partial charge on any atom is 0.263 e. The lowest BCUT2D eigenvalue weighted by Gasteiger charge is -2.07. The number of hydrogen-bond donors (Lipinski definition) is 1. The van der Waals surface area contributed by atoms with Crippen LogP contribution in [0.25, 0.3) is 11.3 Å². The summed E-state index contributed by atoms with van der Waals surface area (Å²) in [5, 5.41) is 1.96. The molecule has 1 heterocycles. The number of rotatable bonds is 6. The Balaban J connectivity index is 1.78. The number of hydrogen-bond acceptors (Lipinski definition) is 5. The minimum absolute atomic E-state index is 0.120. The van der Waals surface area contributed by atoms with Crippen LogP contribution in [0, 0.1) is 5.82 Å². The summed E-state index contributed by atoms with van der Waals surface area (Å²) in [5.41, 5.74) is 1.29. The highest BCUT2D eigenvalue weighted by molar-refractivity contribution is 7.93. The van der Waals surface area contributed by atoms with Gasteiger partial charge in [-0.05, 0) is 55.5 Å². The molecule has 0 atom stereocenters. The molecular formula is C17H15FN2O3S2. The molecule has 5 nitrogen and oxygen atoms in total. The maximum absolute atomic E-state index is 13.0. The van der Waals surface area contributed by atoms with E-state index in [0.717, 1.165) is 11.3 Å². The second-order valence-electron chi connectivity index (χ2n) is 5.05. The van der Waals surface area contributed by atoms with E-state index < -0.39 is 10.0 Å². The van der Waals surface area contributed by atoms with Gasteiger partial charge in [0, 0.05) is 10.9 Å². The van der Waals surface area contributed by atoms with Crippen LogP contribution in [-0.2, 0) is 10.0 Å². The zero-order valence-corrected chi connectivity index (χ0v) is 14.9. The van der Waals surface area contributed by atoms with E-state index in [1.165, 1.54) is 24.3 Å². The van der Waals surface area contributed by atoms with Crippen molar-refractivity contribution in [3.63, 3.8) is 0 Å². The first-order valence-corrected chi connectivity index (χ1v) is 9.81. The third-order valence-corrected chi connectivity index (χ3v) is 5.55. The molecule has 1 N–H and O–H groups in total. The highest BCUT2D eigenvalue weighted by Crippen LogP contribution is 2.27. The summed E-state index contributed by atoms with van der Waals surface area (Å²) in [7, 11) is -3.74. The molecule has 0 fully saturated rings. The summed E-state index contributed by atoms with van der Waals surface area (Å²) in [6.07, 6.45) is 0. The third kappa shape index (κ3) is 4.15. The molecule has 3 aromatic rings. The van der Waals surface area contributed by atoms with Crippen molar-refractivity contribution in [1.29, 1.82) is 0 Å². The monoisotopic (exact) mass is 378 g/mol. The van der Waals surface area contributed by atoms with E-state index in [9.17, 15) is 12.8 Å². The Labute approximate surface area is 149 Å². The molecule has 0 aliphatic heterocycles. The molecule has 25 heavy (non-hydrogen) atoms. The second-order valence-corrected chi connectivity index (χ2v) is 7.60. The molecule has 0 radical (unpaired) electrons. The number of nitrogens with zero attached hydrogens (tertiary/aromatic N) is 1. The van der Waals surface area contributed by atoms with Gasteiger partial charge < -0.3 is 4.74 Å². The van der Waals surface area contributed by atoms with Crippen molar-refractivity contribution in [3.8, 4) is 17.0 Å². The van der Waals surface area contributed by atoms with Crippen molar-refractivity contribution in [3.05, 3.63) is 59.7 Å². The van der Waals surface area contributed by atoms with E-state index in [1.54, 1.807) is 29.6 Å². The Morgan fingerprint density at radius 3 is 2.44 bits per heavy atom. The summed E-state index contributed by atoms with van der Waals surface area (Å²) < 4.78 is 45.6. The van der Waals surface area contributed by atoms with Gasteiger partial charge in [0.2, 0.25) is 0 Å². The van der Waals surface area contributed by atoms with Crippen molar-refractivity contribution in [2.24, 2.45) is 0 Å². The van der Waals surface area contributed by atoms with Crippen molar-refractivity contribution in [2.45, 2.75) is 11.8 Å². The smallest absolute Gasteiger partial charge is 0.263 e. The first kappa shape index (κ1) is 17.4. The van der Waals surface area contributed by atoms with Crippen LogP contribution in [-0.4, -0.2) is 20.0 Å². The topological polar surface area (TPSA) is 68.3 Å². The molecule has 0 amide bonds. The fraction of sp³-hybridized carbons (Fsp3) is 0.118. The number of halogens is 1. The van der Waals surface area contributed by atoms with E-state index >= 15 is 0 Å². The van der Waals surface area contributed by atoms with Crippen LogP contribution in [0.2, 0.25) is 0 Å². The Bertz CT molecular complexity index is 952. The van der Waals surface area contributed by atoms with Gasteiger partial charge in [-0.15, -0.1) is 11.3 Å². The summed E-state index contributed by atoms with van der Waals surface area (Å²) in [5.74, 6) is 0.268. The largest absolute Gasteiger partial charge is 0.494 e.